The molecule has 2 aromatic carbocycles. The van der Waals surface area contributed by atoms with Gasteiger partial charge in [-0.25, -0.2) is 0 Å². The molecular weight excluding hydrogens is 336 g/mol. The molecule has 142 valence electrons. The standard InChI is InChI=1S/C23H28N2O2/c26-23(16-27-21-8-7-18-3-1-2-4-19(18)15-21)25-11-9-24(10-12-25)22-14-17-5-6-20(22)13-17/h1-4,7-8,15,17,20,22H,5-6,9-14,16H2/t17-,20-,22-/m0/s1. The zero-order valence-corrected chi connectivity index (χ0v) is 15.8. The van der Waals surface area contributed by atoms with Crippen molar-refractivity contribution >= 4 is 16.7 Å². The summed E-state index contributed by atoms with van der Waals surface area (Å²) in [5.74, 6) is 2.78. The van der Waals surface area contributed by atoms with Crippen molar-refractivity contribution in [1.82, 2.24) is 9.80 Å². The largest absolute Gasteiger partial charge is 0.484 e. The number of benzene rings is 2. The topological polar surface area (TPSA) is 32.8 Å². The Morgan fingerprint density at radius 1 is 0.963 bits per heavy atom. The van der Waals surface area contributed by atoms with E-state index in [4.69, 9.17) is 4.74 Å². The van der Waals surface area contributed by atoms with Gasteiger partial charge in [-0.05, 0) is 54.0 Å². The van der Waals surface area contributed by atoms with Gasteiger partial charge in [-0.15, -0.1) is 0 Å². The van der Waals surface area contributed by atoms with Gasteiger partial charge in [0.1, 0.15) is 5.75 Å². The van der Waals surface area contributed by atoms with Crippen molar-refractivity contribution in [2.24, 2.45) is 11.8 Å². The number of amides is 1. The van der Waals surface area contributed by atoms with Gasteiger partial charge in [0.25, 0.3) is 5.91 Å². The van der Waals surface area contributed by atoms with E-state index in [2.05, 4.69) is 17.0 Å². The van der Waals surface area contributed by atoms with Crippen LogP contribution in [0, 0.1) is 11.8 Å². The number of hydrogen-bond acceptors (Lipinski definition) is 3. The predicted molar refractivity (Wildman–Crippen MR) is 107 cm³/mol. The van der Waals surface area contributed by atoms with Crippen LogP contribution in [-0.4, -0.2) is 54.5 Å². The summed E-state index contributed by atoms with van der Waals surface area (Å²) in [5, 5.41) is 2.33. The normalized spacial score (nSPS) is 28.0. The van der Waals surface area contributed by atoms with Gasteiger partial charge in [-0.2, -0.15) is 0 Å². The summed E-state index contributed by atoms with van der Waals surface area (Å²) in [5.41, 5.74) is 0. The molecule has 2 saturated carbocycles. The number of piperazine rings is 1. The van der Waals surface area contributed by atoms with Gasteiger partial charge < -0.3 is 9.64 Å². The minimum Gasteiger partial charge on any atom is -0.484 e. The molecule has 0 unspecified atom stereocenters. The molecule has 1 amide bonds. The minimum atomic E-state index is 0.107. The molecule has 0 radical (unpaired) electrons. The van der Waals surface area contributed by atoms with Crippen molar-refractivity contribution in [3.8, 4) is 5.75 Å². The second kappa shape index (κ2) is 7.16. The Morgan fingerprint density at radius 2 is 1.78 bits per heavy atom. The minimum absolute atomic E-state index is 0.107. The smallest absolute Gasteiger partial charge is 0.260 e. The Kier molecular flexibility index (Phi) is 4.52. The maximum absolute atomic E-state index is 12.6. The lowest BCUT2D eigenvalue weighted by atomic mass is 9.93. The molecule has 0 N–H and O–H groups in total. The fraction of sp³-hybridized carbons (Fsp3) is 0.522. The molecule has 1 saturated heterocycles. The van der Waals surface area contributed by atoms with Gasteiger partial charge in [-0.3, -0.25) is 9.69 Å². The quantitative estimate of drug-likeness (QED) is 0.832. The van der Waals surface area contributed by atoms with E-state index < -0.39 is 0 Å². The molecule has 2 aromatic rings. The first kappa shape index (κ1) is 17.1. The van der Waals surface area contributed by atoms with E-state index in [9.17, 15) is 4.79 Å². The number of carbonyl (C=O) groups excluding carboxylic acids is 1. The van der Waals surface area contributed by atoms with Crippen LogP contribution in [0.3, 0.4) is 0 Å². The number of hydrogen-bond donors (Lipinski definition) is 0. The first-order valence-corrected chi connectivity index (χ1v) is 10.4. The number of fused-ring (bicyclic) bond motifs is 3. The molecule has 4 nitrogen and oxygen atoms in total. The summed E-state index contributed by atoms with van der Waals surface area (Å²) in [6.07, 6.45) is 5.72. The molecule has 1 aliphatic heterocycles. The average Bonchev–Trinajstić information content (AvgIpc) is 3.36. The highest BCUT2D eigenvalue weighted by Crippen LogP contribution is 2.46. The van der Waals surface area contributed by atoms with E-state index in [0.29, 0.717) is 0 Å². The van der Waals surface area contributed by atoms with Crippen LogP contribution in [-0.2, 0) is 4.79 Å². The number of carbonyl (C=O) groups is 1. The van der Waals surface area contributed by atoms with Gasteiger partial charge in [0, 0.05) is 32.2 Å². The molecule has 27 heavy (non-hydrogen) atoms. The highest BCUT2D eigenvalue weighted by atomic mass is 16.5. The molecule has 0 aromatic heterocycles. The van der Waals surface area contributed by atoms with E-state index in [1.54, 1.807) is 0 Å². The Morgan fingerprint density at radius 3 is 2.52 bits per heavy atom. The summed E-state index contributed by atoms with van der Waals surface area (Å²) in [4.78, 5) is 17.2. The lowest BCUT2D eigenvalue weighted by molar-refractivity contribution is -0.135. The van der Waals surface area contributed by atoms with Crippen molar-refractivity contribution < 1.29 is 9.53 Å². The van der Waals surface area contributed by atoms with Crippen LogP contribution in [0.4, 0.5) is 0 Å². The van der Waals surface area contributed by atoms with Crippen molar-refractivity contribution in [1.29, 1.82) is 0 Å². The number of nitrogens with zero attached hydrogens (tertiary/aromatic N) is 2. The molecule has 4 heteroatoms. The van der Waals surface area contributed by atoms with Gasteiger partial charge in [0.05, 0.1) is 0 Å². The molecule has 3 atom stereocenters. The van der Waals surface area contributed by atoms with Crippen LogP contribution in [0.15, 0.2) is 42.5 Å². The maximum Gasteiger partial charge on any atom is 0.260 e. The fourth-order valence-corrected chi connectivity index (χ4v) is 5.45. The molecular formula is C23H28N2O2. The van der Waals surface area contributed by atoms with Crippen LogP contribution in [0.1, 0.15) is 25.7 Å². The first-order chi connectivity index (χ1) is 13.3. The lowest BCUT2D eigenvalue weighted by Crippen LogP contribution is -2.53. The third-order valence-corrected chi connectivity index (χ3v) is 6.92. The highest BCUT2D eigenvalue weighted by molar-refractivity contribution is 5.84. The van der Waals surface area contributed by atoms with E-state index in [-0.39, 0.29) is 12.5 Å². The van der Waals surface area contributed by atoms with Crippen molar-refractivity contribution in [2.75, 3.05) is 32.8 Å². The van der Waals surface area contributed by atoms with Crippen LogP contribution in [0.2, 0.25) is 0 Å². The van der Waals surface area contributed by atoms with E-state index in [1.807, 2.05) is 35.2 Å². The summed E-state index contributed by atoms with van der Waals surface area (Å²) >= 11 is 0. The molecule has 1 heterocycles. The molecule has 2 aliphatic carbocycles. The Bertz CT molecular complexity index is 828. The average molecular weight is 364 g/mol. The van der Waals surface area contributed by atoms with Crippen molar-refractivity contribution in [3.63, 3.8) is 0 Å². The van der Waals surface area contributed by atoms with Crippen LogP contribution >= 0.6 is 0 Å². The Balaban J connectivity index is 1.13. The molecule has 5 rings (SSSR count). The van der Waals surface area contributed by atoms with Crippen LogP contribution < -0.4 is 4.74 Å². The van der Waals surface area contributed by atoms with E-state index >= 15 is 0 Å². The van der Waals surface area contributed by atoms with Crippen molar-refractivity contribution in [3.05, 3.63) is 42.5 Å². The lowest BCUT2D eigenvalue weighted by Gasteiger charge is -2.41. The van der Waals surface area contributed by atoms with Gasteiger partial charge in [0.15, 0.2) is 6.61 Å². The first-order valence-electron chi connectivity index (χ1n) is 10.4. The number of ether oxygens (including phenoxy) is 1. The van der Waals surface area contributed by atoms with Gasteiger partial charge in [0.2, 0.25) is 0 Å². The second-order valence-corrected chi connectivity index (χ2v) is 8.46. The second-order valence-electron chi connectivity index (χ2n) is 8.46. The van der Waals surface area contributed by atoms with Gasteiger partial charge in [-0.1, -0.05) is 36.8 Å². The summed E-state index contributed by atoms with van der Waals surface area (Å²) in [6.45, 7) is 3.86. The zero-order chi connectivity index (χ0) is 18.2. The fourth-order valence-electron chi connectivity index (χ4n) is 5.45. The summed E-state index contributed by atoms with van der Waals surface area (Å²) in [6, 6.07) is 15.0. The van der Waals surface area contributed by atoms with Crippen LogP contribution in [0.5, 0.6) is 5.75 Å². The predicted octanol–water partition coefficient (Wildman–Crippen LogP) is 3.55. The monoisotopic (exact) mass is 364 g/mol. The van der Waals surface area contributed by atoms with Crippen LogP contribution in [0.25, 0.3) is 10.8 Å². The molecule has 0 spiro atoms. The summed E-state index contributed by atoms with van der Waals surface area (Å²) < 4.78 is 5.79. The molecule has 2 bridgehead atoms. The Labute approximate surface area is 161 Å². The van der Waals surface area contributed by atoms with Gasteiger partial charge >= 0.3 is 0 Å². The van der Waals surface area contributed by atoms with E-state index in [0.717, 1.165) is 55.2 Å². The number of rotatable bonds is 4. The molecule has 3 fully saturated rings. The molecule has 3 aliphatic rings. The zero-order valence-electron chi connectivity index (χ0n) is 15.8. The third kappa shape index (κ3) is 3.43. The Hall–Kier alpha value is -2.07. The maximum atomic E-state index is 12.6. The highest BCUT2D eigenvalue weighted by Gasteiger charge is 2.42. The summed E-state index contributed by atoms with van der Waals surface area (Å²) in [7, 11) is 0. The SMILES string of the molecule is O=C(COc1ccc2ccccc2c1)N1CCN([C@H]2C[C@H]3CC[C@H]2C3)CC1. The van der Waals surface area contributed by atoms with Crippen molar-refractivity contribution in [2.45, 2.75) is 31.7 Å². The third-order valence-electron chi connectivity index (χ3n) is 6.92. The van der Waals surface area contributed by atoms with E-state index in [1.165, 1.54) is 31.1 Å².